The first-order valence-electron chi connectivity index (χ1n) is 8.62. The molecule has 1 heteroatoms. The van der Waals surface area contributed by atoms with Gasteiger partial charge in [0.2, 0.25) is 0 Å². The number of hydrogen-bond acceptors (Lipinski definition) is 1. The lowest BCUT2D eigenvalue weighted by molar-refractivity contribution is 0.284. The monoisotopic (exact) mass is 269 g/mol. The zero-order valence-electron chi connectivity index (χ0n) is 12.7. The fourth-order valence-corrected chi connectivity index (χ4v) is 5.20. The Hall–Kier alpha value is -0.820. The van der Waals surface area contributed by atoms with Crippen LogP contribution in [-0.4, -0.2) is 7.05 Å². The summed E-state index contributed by atoms with van der Waals surface area (Å²) in [6.07, 6.45) is 11.4. The van der Waals surface area contributed by atoms with E-state index in [1.165, 1.54) is 56.9 Å². The Morgan fingerprint density at radius 2 is 2.05 bits per heavy atom. The first kappa shape index (κ1) is 12.9. The summed E-state index contributed by atoms with van der Waals surface area (Å²) in [6, 6.07) is 7.85. The largest absolute Gasteiger partial charge is 0.313 e. The molecule has 108 valence electrons. The second kappa shape index (κ2) is 5.18. The van der Waals surface area contributed by atoms with Gasteiger partial charge in [0.1, 0.15) is 0 Å². The Morgan fingerprint density at radius 3 is 2.80 bits per heavy atom. The molecule has 2 fully saturated rings. The molecule has 1 aromatic rings. The SMILES string of the molecule is CNC(CC1CC2CCC1C2)c1ccc2c(c1)CCC2. The Balaban J connectivity index is 1.50. The number of hydrogen-bond donors (Lipinski definition) is 1. The van der Waals surface area contributed by atoms with Gasteiger partial charge in [-0.25, -0.2) is 0 Å². The summed E-state index contributed by atoms with van der Waals surface area (Å²) in [5, 5.41) is 3.60. The molecular weight excluding hydrogens is 242 g/mol. The molecule has 1 nitrogen and oxygen atoms in total. The quantitative estimate of drug-likeness (QED) is 0.861. The van der Waals surface area contributed by atoms with Crippen molar-refractivity contribution in [3.63, 3.8) is 0 Å². The standard InChI is InChI=1S/C19H27N/c1-20-19(12-18-10-13-5-6-16(18)9-13)17-8-7-14-3-2-4-15(14)11-17/h7-8,11,13,16,18-20H,2-6,9-10,12H2,1H3. The Morgan fingerprint density at radius 1 is 1.15 bits per heavy atom. The smallest absolute Gasteiger partial charge is 0.0320 e. The fourth-order valence-electron chi connectivity index (χ4n) is 5.20. The highest BCUT2D eigenvalue weighted by atomic mass is 14.9. The Kier molecular flexibility index (Phi) is 3.34. The van der Waals surface area contributed by atoms with Crippen molar-refractivity contribution in [1.29, 1.82) is 0 Å². The van der Waals surface area contributed by atoms with Crippen LogP contribution < -0.4 is 5.32 Å². The number of nitrogens with one attached hydrogen (secondary N) is 1. The molecule has 0 heterocycles. The predicted octanol–water partition coefficient (Wildman–Crippen LogP) is 4.26. The third kappa shape index (κ3) is 2.20. The van der Waals surface area contributed by atoms with Gasteiger partial charge in [-0.2, -0.15) is 0 Å². The molecule has 0 amide bonds. The van der Waals surface area contributed by atoms with Gasteiger partial charge in [0, 0.05) is 6.04 Å². The maximum atomic E-state index is 3.60. The minimum Gasteiger partial charge on any atom is -0.313 e. The molecule has 4 unspecified atom stereocenters. The molecule has 2 saturated carbocycles. The maximum Gasteiger partial charge on any atom is 0.0320 e. The van der Waals surface area contributed by atoms with Crippen LogP contribution >= 0.6 is 0 Å². The van der Waals surface area contributed by atoms with E-state index in [0.717, 1.165) is 17.8 Å². The van der Waals surface area contributed by atoms with Gasteiger partial charge in [-0.1, -0.05) is 24.6 Å². The second-order valence-electron chi connectivity index (χ2n) is 7.39. The van der Waals surface area contributed by atoms with E-state index in [4.69, 9.17) is 0 Å². The minimum absolute atomic E-state index is 0.574. The van der Waals surface area contributed by atoms with Crippen molar-refractivity contribution in [2.24, 2.45) is 17.8 Å². The van der Waals surface area contributed by atoms with Crippen molar-refractivity contribution in [2.75, 3.05) is 7.05 Å². The van der Waals surface area contributed by atoms with Crippen LogP contribution in [0.1, 0.15) is 61.3 Å². The van der Waals surface area contributed by atoms with Crippen LogP contribution in [0.15, 0.2) is 18.2 Å². The molecule has 3 aliphatic rings. The van der Waals surface area contributed by atoms with E-state index in [-0.39, 0.29) is 0 Å². The normalized spacial score (nSPS) is 32.5. The highest BCUT2D eigenvalue weighted by molar-refractivity contribution is 5.36. The zero-order valence-corrected chi connectivity index (χ0v) is 12.7. The zero-order chi connectivity index (χ0) is 13.5. The summed E-state index contributed by atoms with van der Waals surface area (Å²) >= 11 is 0. The summed E-state index contributed by atoms with van der Waals surface area (Å²) in [4.78, 5) is 0. The summed E-state index contributed by atoms with van der Waals surface area (Å²) in [5.74, 6) is 3.10. The molecule has 1 N–H and O–H groups in total. The number of fused-ring (bicyclic) bond motifs is 3. The summed E-state index contributed by atoms with van der Waals surface area (Å²) in [6.45, 7) is 0. The van der Waals surface area contributed by atoms with E-state index in [2.05, 4.69) is 30.6 Å². The summed E-state index contributed by atoms with van der Waals surface area (Å²) < 4.78 is 0. The van der Waals surface area contributed by atoms with Crippen molar-refractivity contribution in [3.05, 3.63) is 34.9 Å². The highest BCUT2D eigenvalue weighted by Crippen LogP contribution is 2.51. The molecule has 4 atom stereocenters. The van der Waals surface area contributed by atoms with Gasteiger partial charge in [0.15, 0.2) is 0 Å². The van der Waals surface area contributed by atoms with Crippen molar-refractivity contribution in [3.8, 4) is 0 Å². The van der Waals surface area contributed by atoms with E-state index in [9.17, 15) is 0 Å². The molecule has 0 saturated heterocycles. The van der Waals surface area contributed by atoms with E-state index >= 15 is 0 Å². The summed E-state index contributed by atoms with van der Waals surface area (Å²) in [5.41, 5.74) is 4.76. The van der Waals surface area contributed by atoms with Crippen LogP contribution in [0.25, 0.3) is 0 Å². The average molecular weight is 269 g/mol. The van der Waals surface area contributed by atoms with Crippen molar-refractivity contribution in [1.82, 2.24) is 5.32 Å². The number of benzene rings is 1. The third-order valence-electron chi connectivity index (χ3n) is 6.30. The van der Waals surface area contributed by atoms with Crippen LogP contribution in [0.3, 0.4) is 0 Å². The molecule has 0 aromatic heterocycles. The van der Waals surface area contributed by atoms with E-state index in [1.54, 1.807) is 11.1 Å². The summed E-state index contributed by atoms with van der Waals surface area (Å²) in [7, 11) is 2.14. The molecule has 4 rings (SSSR count). The van der Waals surface area contributed by atoms with Gasteiger partial charge in [0.05, 0.1) is 0 Å². The first-order valence-corrected chi connectivity index (χ1v) is 8.62. The van der Waals surface area contributed by atoms with Crippen LogP contribution in [0.2, 0.25) is 0 Å². The van der Waals surface area contributed by atoms with Gasteiger partial charge in [0.25, 0.3) is 0 Å². The van der Waals surface area contributed by atoms with Crippen LogP contribution in [0.5, 0.6) is 0 Å². The van der Waals surface area contributed by atoms with Crippen LogP contribution in [-0.2, 0) is 12.8 Å². The van der Waals surface area contributed by atoms with E-state index in [0.29, 0.717) is 6.04 Å². The second-order valence-corrected chi connectivity index (χ2v) is 7.39. The highest BCUT2D eigenvalue weighted by Gasteiger charge is 2.40. The third-order valence-corrected chi connectivity index (χ3v) is 6.30. The molecule has 20 heavy (non-hydrogen) atoms. The number of aryl methyl sites for hydroxylation is 2. The maximum absolute atomic E-state index is 3.60. The molecule has 3 aliphatic carbocycles. The van der Waals surface area contributed by atoms with Crippen molar-refractivity contribution < 1.29 is 0 Å². The van der Waals surface area contributed by atoms with Crippen LogP contribution in [0, 0.1) is 17.8 Å². The van der Waals surface area contributed by atoms with E-state index < -0.39 is 0 Å². The fraction of sp³-hybridized carbons (Fsp3) is 0.684. The molecule has 1 aromatic carbocycles. The lowest BCUT2D eigenvalue weighted by atomic mass is 9.82. The Bertz CT molecular complexity index is 493. The van der Waals surface area contributed by atoms with Crippen molar-refractivity contribution in [2.45, 2.75) is 57.4 Å². The molecule has 0 aliphatic heterocycles. The Labute approximate surface area is 123 Å². The van der Waals surface area contributed by atoms with Gasteiger partial charge in [-0.3, -0.25) is 0 Å². The average Bonchev–Trinajstić information content (AvgIpc) is 3.19. The molecule has 2 bridgehead atoms. The van der Waals surface area contributed by atoms with Gasteiger partial charge < -0.3 is 5.32 Å². The number of rotatable bonds is 4. The lowest BCUT2D eigenvalue weighted by Crippen LogP contribution is -2.22. The molecule has 0 radical (unpaired) electrons. The predicted molar refractivity (Wildman–Crippen MR) is 83.8 cm³/mol. The van der Waals surface area contributed by atoms with Gasteiger partial charge in [-0.15, -0.1) is 0 Å². The minimum atomic E-state index is 0.574. The van der Waals surface area contributed by atoms with Crippen molar-refractivity contribution >= 4 is 0 Å². The first-order chi connectivity index (χ1) is 9.83. The topological polar surface area (TPSA) is 12.0 Å². The van der Waals surface area contributed by atoms with E-state index in [1.807, 2.05) is 0 Å². The molecular formula is C19H27N. The van der Waals surface area contributed by atoms with Crippen LogP contribution in [0.4, 0.5) is 0 Å². The molecule has 0 spiro atoms. The van der Waals surface area contributed by atoms with Gasteiger partial charge in [-0.05, 0) is 86.4 Å². The van der Waals surface area contributed by atoms with Gasteiger partial charge >= 0.3 is 0 Å². The lowest BCUT2D eigenvalue weighted by Gasteiger charge is -2.27.